The van der Waals surface area contributed by atoms with E-state index in [0.717, 1.165) is 0 Å². The van der Waals surface area contributed by atoms with Crippen molar-refractivity contribution in [1.29, 1.82) is 0 Å². The summed E-state index contributed by atoms with van der Waals surface area (Å²) >= 11 is 0. The predicted molar refractivity (Wildman–Crippen MR) is 24.5 cm³/mol. The molecule has 4 heavy (non-hydrogen) atoms. The van der Waals surface area contributed by atoms with Crippen molar-refractivity contribution in [2.75, 3.05) is 0 Å². The van der Waals surface area contributed by atoms with Gasteiger partial charge in [0.1, 0.15) is 0 Å². The molecule has 0 saturated heterocycles. The summed E-state index contributed by atoms with van der Waals surface area (Å²) in [5, 5.41) is 0. The van der Waals surface area contributed by atoms with E-state index < -0.39 is 0 Å². The number of rotatable bonds is 0. The van der Waals surface area contributed by atoms with Crippen LogP contribution in [-0.4, -0.2) is 0 Å². The van der Waals surface area contributed by atoms with Gasteiger partial charge in [-0.05, 0) is 6.92 Å². The second-order valence-corrected chi connectivity index (χ2v) is 0.911. The van der Waals surface area contributed by atoms with Crippen molar-refractivity contribution >= 4 is 9.24 Å². The number of hydrogen-bond donors (Lipinski definition) is 0. The lowest BCUT2D eigenvalue weighted by Gasteiger charge is -1.49. The summed E-state index contributed by atoms with van der Waals surface area (Å²) in [5.41, 5.74) is 0. The van der Waals surface area contributed by atoms with Crippen LogP contribution in [0.4, 0.5) is 0 Å². The second kappa shape index (κ2) is 3.17. The summed E-state index contributed by atoms with van der Waals surface area (Å²) in [5.74, 6) is 1.92. The Bertz CT molecular complexity index is 18.5. The highest BCUT2D eigenvalue weighted by atomic mass is 31.0. The molecule has 0 aliphatic rings. The zero-order valence-corrected chi connectivity index (χ0v) is 3.89. The molecule has 0 aromatic heterocycles. The third-order valence-electron chi connectivity index (χ3n) is 0.192. The monoisotopic (exact) mass is 74.0 g/mol. The molecule has 0 bridgehead atoms. The quantitative estimate of drug-likeness (QED) is 0.381. The van der Waals surface area contributed by atoms with E-state index in [1.165, 1.54) is 0 Å². The van der Waals surface area contributed by atoms with Crippen LogP contribution >= 0.6 is 9.24 Å². The Labute approximate surface area is 29.1 Å². The minimum atomic E-state index is 1.92. The maximum absolute atomic E-state index is 2.47. The summed E-state index contributed by atoms with van der Waals surface area (Å²) < 4.78 is 0. The summed E-state index contributed by atoms with van der Waals surface area (Å²) in [6.45, 7) is 1.98. The van der Waals surface area contributed by atoms with Gasteiger partial charge in [0, 0.05) is 0 Å². The van der Waals surface area contributed by atoms with E-state index in [1.54, 1.807) is 0 Å². The van der Waals surface area contributed by atoms with Crippen molar-refractivity contribution in [3.05, 3.63) is 11.9 Å². The molecule has 0 radical (unpaired) electrons. The fourth-order valence-electron chi connectivity index (χ4n) is 0. The second-order valence-electron chi connectivity index (χ2n) is 0.526. The number of allylic oxidation sites excluding steroid dienone is 1. The standard InChI is InChI=1S/C3H7P/c1-2-3-4/h2-3H,4H2,1H3/b3-2+. The molecule has 0 spiro atoms. The summed E-state index contributed by atoms with van der Waals surface area (Å²) in [6.07, 6.45) is 1.96. The lowest BCUT2D eigenvalue weighted by atomic mass is 10.8. The van der Waals surface area contributed by atoms with Gasteiger partial charge in [-0.15, -0.1) is 9.24 Å². The van der Waals surface area contributed by atoms with E-state index in [4.69, 9.17) is 0 Å². The van der Waals surface area contributed by atoms with Gasteiger partial charge in [0.15, 0.2) is 0 Å². The van der Waals surface area contributed by atoms with Crippen LogP contribution in [0.2, 0.25) is 0 Å². The first-order chi connectivity index (χ1) is 1.91. The van der Waals surface area contributed by atoms with Crippen molar-refractivity contribution in [3.63, 3.8) is 0 Å². The zero-order valence-electron chi connectivity index (χ0n) is 2.73. The topological polar surface area (TPSA) is 0 Å². The van der Waals surface area contributed by atoms with Crippen molar-refractivity contribution in [2.45, 2.75) is 6.92 Å². The van der Waals surface area contributed by atoms with Crippen LogP contribution in [0, 0.1) is 0 Å². The van der Waals surface area contributed by atoms with Gasteiger partial charge in [-0.3, -0.25) is 0 Å². The Morgan fingerprint density at radius 1 is 1.75 bits per heavy atom. The Morgan fingerprint density at radius 2 is 2.00 bits per heavy atom. The minimum absolute atomic E-state index is 1.92. The molecule has 0 amide bonds. The largest absolute Gasteiger partial charge is 0.114 e. The maximum Gasteiger partial charge on any atom is -0.0467 e. The highest BCUT2D eigenvalue weighted by molar-refractivity contribution is 7.20. The van der Waals surface area contributed by atoms with Crippen molar-refractivity contribution in [3.8, 4) is 0 Å². The van der Waals surface area contributed by atoms with Gasteiger partial charge in [0.2, 0.25) is 0 Å². The third-order valence-corrected chi connectivity index (χ3v) is 0.577. The van der Waals surface area contributed by atoms with Gasteiger partial charge in [0.05, 0.1) is 0 Å². The zero-order chi connectivity index (χ0) is 3.41. The van der Waals surface area contributed by atoms with Crippen LogP contribution in [0.3, 0.4) is 0 Å². The molecule has 0 heterocycles. The fourth-order valence-corrected chi connectivity index (χ4v) is 0. The molecule has 0 aliphatic carbocycles. The van der Waals surface area contributed by atoms with Gasteiger partial charge in [-0.25, -0.2) is 0 Å². The van der Waals surface area contributed by atoms with Crippen LogP contribution in [0.1, 0.15) is 6.92 Å². The van der Waals surface area contributed by atoms with Crippen LogP contribution in [0.15, 0.2) is 11.9 Å². The first-order valence-corrected chi connectivity index (χ1v) is 1.91. The van der Waals surface area contributed by atoms with Crippen LogP contribution in [-0.2, 0) is 0 Å². The fraction of sp³-hybridized carbons (Fsp3) is 0.333. The van der Waals surface area contributed by atoms with E-state index in [2.05, 4.69) is 9.24 Å². The van der Waals surface area contributed by atoms with Gasteiger partial charge < -0.3 is 0 Å². The van der Waals surface area contributed by atoms with E-state index in [-0.39, 0.29) is 0 Å². The summed E-state index contributed by atoms with van der Waals surface area (Å²) in [4.78, 5) is 0. The van der Waals surface area contributed by atoms with E-state index in [9.17, 15) is 0 Å². The van der Waals surface area contributed by atoms with Crippen molar-refractivity contribution in [1.82, 2.24) is 0 Å². The molecule has 0 N–H and O–H groups in total. The normalized spacial score (nSPS) is 9.50. The highest BCUT2D eigenvalue weighted by Crippen LogP contribution is 1.77. The summed E-state index contributed by atoms with van der Waals surface area (Å²) in [7, 11) is 2.47. The smallest absolute Gasteiger partial charge is 0.0467 e. The van der Waals surface area contributed by atoms with Crippen LogP contribution < -0.4 is 0 Å². The Balaban J connectivity index is 2.55. The minimum Gasteiger partial charge on any atom is -0.114 e. The molecule has 0 aromatic rings. The lowest BCUT2D eigenvalue weighted by Crippen LogP contribution is -1.18. The molecule has 1 heteroatoms. The lowest BCUT2D eigenvalue weighted by molar-refractivity contribution is 1.79. The molecule has 0 rings (SSSR count). The average Bonchev–Trinajstić information content (AvgIpc) is 1.37. The molecular formula is C3H7P. The molecule has 1 unspecified atom stereocenters. The molecule has 0 nitrogen and oxygen atoms in total. The Morgan fingerprint density at radius 3 is 2.00 bits per heavy atom. The van der Waals surface area contributed by atoms with Crippen molar-refractivity contribution < 1.29 is 0 Å². The molecule has 0 saturated carbocycles. The van der Waals surface area contributed by atoms with Gasteiger partial charge in [-0.2, -0.15) is 0 Å². The molecule has 0 aromatic carbocycles. The van der Waals surface area contributed by atoms with Crippen LogP contribution in [0.25, 0.3) is 0 Å². The van der Waals surface area contributed by atoms with Crippen LogP contribution in [0.5, 0.6) is 0 Å². The molecule has 0 fully saturated rings. The highest BCUT2D eigenvalue weighted by Gasteiger charge is 1.34. The average molecular weight is 74.1 g/mol. The van der Waals surface area contributed by atoms with Gasteiger partial charge >= 0.3 is 0 Å². The van der Waals surface area contributed by atoms with Gasteiger partial charge in [0.25, 0.3) is 0 Å². The molecular weight excluding hydrogens is 67.0 g/mol. The SMILES string of the molecule is C/C=C/P. The number of hydrogen-bond acceptors (Lipinski definition) is 0. The predicted octanol–water partition coefficient (Wildman–Crippen LogP) is 1.40. The molecule has 24 valence electrons. The Kier molecular flexibility index (Phi) is 3.30. The third kappa shape index (κ3) is 2.17. The molecule has 1 atom stereocenters. The van der Waals surface area contributed by atoms with E-state index in [1.807, 2.05) is 18.8 Å². The van der Waals surface area contributed by atoms with Gasteiger partial charge in [-0.1, -0.05) is 11.9 Å². The Hall–Kier alpha value is 0.170. The van der Waals surface area contributed by atoms with Crippen molar-refractivity contribution in [2.24, 2.45) is 0 Å². The summed E-state index contributed by atoms with van der Waals surface area (Å²) in [6, 6.07) is 0. The van der Waals surface area contributed by atoms with E-state index in [0.29, 0.717) is 0 Å². The first-order valence-electron chi connectivity index (χ1n) is 1.24. The first kappa shape index (κ1) is 4.17. The molecule has 0 aliphatic heterocycles. The van der Waals surface area contributed by atoms with E-state index >= 15 is 0 Å². The maximum atomic E-state index is 2.47.